The Balaban J connectivity index is 1.98. The monoisotopic (exact) mass is 549 g/mol. The molecule has 0 radical (unpaired) electrons. The van der Waals surface area contributed by atoms with Gasteiger partial charge in [-0.3, -0.25) is 0 Å². The lowest BCUT2D eigenvalue weighted by molar-refractivity contribution is -0.139. The van der Waals surface area contributed by atoms with Crippen molar-refractivity contribution in [2.75, 3.05) is 6.61 Å². The SMILES string of the molecule is CCOC(=O)C1=CC[C@@H](c2cccc(Cl)c2)N(S(=O)(=O)c2ccc(Cl)cc2)[C@H]1c1cccc(Cl)c1. The molecule has 0 amide bonds. The van der Waals surface area contributed by atoms with Crippen LogP contribution in [0.3, 0.4) is 0 Å². The van der Waals surface area contributed by atoms with E-state index in [-0.39, 0.29) is 23.5 Å². The standard InChI is InChI=1S/C26H22Cl3NO4S/c1-2-34-26(31)23-13-14-24(17-5-3-7-20(28)15-17)30(25(23)18-6-4-8-21(29)16-18)35(32,33)22-11-9-19(27)10-12-22/h3-13,15-16,24-25H,2,14H2,1H3/t24-,25-/m0/s1. The van der Waals surface area contributed by atoms with E-state index in [2.05, 4.69) is 0 Å². The minimum atomic E-state index is -4.14. The molecule has 1 aliphatic rings. The maximum absolute atomic E-state index is 14.2. The summed E-state index contributed by atoms with van der Waals surface area (Å²) in [5.74, 6) is -0.585. The highest BCUT2D eigenvalue weighted by Gasteiger charge is 2.45. The van der Waals surface area contributed by atoms with Crippen LogP contribution in [0.25, 0.3) is 0 Å². The van der Waals surface area contributed by atoms with E-state index in [0.717, 1.165) is 0 Å². The lowest BCUT2D eigenvalue weighted by Gasteiger charge is -2.41. The number of benzene rings is 3. The second-order valence-corrected chi connectivity index (χ2v) is 11.1. The molecule has 35 heavy (non-hydrogen) atoms. The summed E-state index contributed by atoms with van der Waals surface area (Å²) in [6.45, 7) is 1.85. The van der Waals surface area contributed by atoms with E-state index in [4.69, 9.17) is 39.5 Å². The normalized spacial score (nSPS) is 18.7. The van der Waals surface area contributed by atoms with E-state index in [9.17, 15) is 13.2 Å². The highest BCUT2D eigenvalue weighted by Crippen LogP contribution is 2.46. The Morgan fingerprint density at radius 2 is 1.51 bits per heavy atom. The molecule has 3 aromatic carbocycles. The maximum atomic E-state index is 14.2. The number of hydrogen-bond donors (Lipinski definition) is 0. The van der Waals surface area contributed by atoms with Gasteiger partial charge in [-0.25, -0.2) is 13.2 Å². The third-order valence-electron chi connectivity index (χ3n) is 5.72. The van der Waals surface area contributed by atoms with Crippen molar-refractivity contribution in [1.29, 1.82) is 0 Å². The zero-order valence-electron chi connectivity index (χ0n) is 18.7. The Morgan fingerprint density at radius 1 is 0.914 bits per heavy atom. The topological polar surface area (TPSA) is 63.7 Å². The Morgan fingerprint density at radius 3 is 2.11 bits per heavy atom. The molecule has 0 aliphatic carbocycles. The Bertz CT molecular complexity index is 1370. The van der Waals surface area contributed by atoms with Gasteiger partial charge < -0.3 is 4.74 Å². The van der Waals surface area contributed by atoms with Gasteiger partial charge in [0.2, 0.25) is 10.0 Å². The van der Waals surface area contributed by atoms with Gasteiger partial charge in [-0.1, -0.05) is 65.1 Å². The first-order valence-electron chi connectivity index (χ1n) is 10.9. The van der Waals surface area contributed by atoms with Crippen LogP contribution in [-0.2, 0) is 19.6 Å². The molecule has 0 aromatic heterocycles. The number of hydrogen-bond acceptors (Lipinski definition) is 4. The molecule has 0 unspecified atom stereocenters. The molecule has 0 saturated heterocycles. The number of halogens is 3. The zero-order valence-corrected chi connectivity index (χ0v) is 21.8. The number of sulfonamides is 1. The van der Waals surface area contributed by atoms with Crippen LogP contribution in [-0.4, -0.2) is 25.3 Å². The molecule has 0 N–H and O–H groups in total. The van der Waals surface area contributed by atoms with Crippen molar-refractivity contribution in [2.45, 2.75) is 30.3 Å². The number of carbonyl (C=O) groups excluding carboxylic acids is 1. The molecular formula is C26H22Cl3NO4S. The van der Waals surface area contributed by atoms with Gasteiger partial charge in [0.15, 0.2) is 0 Å². The Kier molecular flexibility index (Phi) is 7.89. The average molecular weight is 551 g/mol. The number of esters is 1. The van der Waals surface area contributed by atoms with Gasteiger partial charge in [-0.2, -0.15) is 4.31 Å². The smallest absolute Gasteiger partial charge is 0.335 e. The Hall–Kier alpha value is -2.35. The molecule has 4 rings (SSSR count). The van der Waals surface area contributed by atoms with Crippen molar-refractivity contribution in [3.8, 4) is 0 Å². The number of rotatable bonds is 6. The van der Waals surface area contributed by atoms with Crippen LogP contribution in [0.4, 0.5) is 0 Å². The van der Waals surface area contributed by atoms with Crippen LogP contribution >= 0.6 is 34.8 Å². The van der Waals surface area contributed by atoms with Crippen LogP contribution in [0.1, 0.15) is 36.6 Å². The number of ether oxygens (including phenoxy) is 1. The average Bonchev–Trinajstić information content (AvgIpc) is 2.83. The van der Waals surface area contributed by atoms with Crippen molar-refractivity contribution < 1.29 is 17.9 Å². The lowest BCUT2D eigenvalue weighted by atomic mass is 9.89. The van der Waals surface area contributed by atoms with Gasteiger partial charge in [0.05, 0.1) is 29.2 Å². The molecule has 2 atom stereocenters. The molecular weight excluding hydrogens is 529 g/mol. The van der Waals surface area contributed by atoms with Gasteiger partial charge in [0.1, 0.15) is 0 Å². The van der Waals surface area contributed by atoms with Crippen LogP contribution in [0.2, 0.25) is 15.1 Å². The molecule has 182 valence electrons. The fraction of sp³-hybridized carbons (Fsp3) is 0.192. The zero-order chi connectivity index (χ0) is 25.2. The van der Waals surface area contributed by atoms with Crippen molar-refractivity contribution >= 4 is 50.8 Å². The van der Waals surface area contributed by atoms with E-state index < -0.39 is 28.1 Å². The first-order valence-corrected chi connectivity index (χ1v) is 13.5. The van der Waals surface area contributed by atoms with E-state index in [1.54, 1.807) is 55.5 Å². The molecule has 0 bridgehead atoms. The van der Waals surface area contributed by atoms with Crippen molar-refractivity contribution in [1.82, 2.24) is 4.31 Å². The van der Waals surface area contributed by atoms with Gasteiger partial charge in [-0.15, -0.1) is 0 Å². The minimum absolute atomic E-state index is 0.0473. The van der Waals surface area contributed by atoms with Gasteiger partial charge in [0, 0.05) is 15.1 Å². The minimum Gasteiger partial charge on any atom is -0.463 e. The molecule has 1 aliphatic heterocycles. The fourth-order valence-corrected chi connectivity index (χ4v) is 6.52. The van der Waals surface area contributed by atoms with Crippen LogP contribution in [0.5, 0.6) is 0 Å². The van der Waals surface area contributed by atoms with Crippen molar-refractivity contribution in [2.24, 2.45) is 0 Å². The first kappa shape index (κ1) is 25.7. The summed E-state index contributed by atoms with van der Waals surface area (Å²) in [5, 5.41) is 1.30. The van der Waals surface area contributed by atoms with E-state index in [1.165, 1.54) is 28.6 Å². The molecule has 5 nitrogen and oxygen atoms in total. The third kappa shape index (κ3) is 5.42. The lowest BCUT2D eigenvalue weighted by Crippen LogP contribution is -2.42. The summed E-state index contributed by atoms with van der Waals surface area (Å²) in [5.41, 5.74) is 1.47. The van der Waals surface area contributed by atoms with Crippen LogP contribution in [0, 0.1) is 0 Å². The summed E-state index contributed by atoms with van der Waals surface area (Å²) in [7, 11) is -4.14. The van der Waals surface area contributed by atoms with E-state index >= 15 is 0 Å². The summed E-state index contributed by atoms with van der Waals surface area (Å²) in [6, 6.07) is 18.2. The summed E-state index contributed by atoms with van der Waals surface area (Å²) < 4.78 is 35.1. The van der Waals surface area contributed by atoms with Crippen molar-refractivity contribution in [3.05, 3.63) is 111 Å². The van der Waals surface area contributed by atoms with Gasteiger partial charge in [-0.05, 0) is 73.0 Å². The van der Waals surface area contributed by atoms with E-state index in [1.807, 2.05) is 6.07 Å². The maximum Gasteiger partial charge on any atom is 0.335 e. The predicted octanol–water partition coefficient (Wildman–Crippen LogP) is 7.01. The summed E-state index contributed by atoms with van der Waals surface area (Å²) >= 11 is 18.6. The predicted molar refractivity (Wildman–Crippen MR) is 138 cm³/mol. The van der Waals surface area contributed by atoms with Crippen LogP contribution in [0.15, 0.2) is 89.3 Å². The molecule has 1 heterocycles. The Labute approximate surface area is 219 Å². The molecule has 3 aromatic rings. The molecule has 0 saturated carbocycles. The van der Waals surface area contributed by atoms with E-state index in [0.29, 0.717) is 26.2 Å². The highest BCUT2D eigenvalue weighted by atomic mass is 35.5. The summed E-state index contributed by atoms with van der Waals surface area (Å²) in [4.78, 5) is 13.1. The second kappa shape index (κ2) is 10.7. The third-order valence-corrected chi connectivity index (χ3v) is 8.33. The van der Waals surface area contributed by atoms with Crippen molar-refractivity contribution in [3.63, 3.8) is 0 Å². The largest absolute Gasteiger partial charge is 0.463 e. The molecule has 0 fully saturated rings. The van der Waals surface area contributed by atoms with Gasteiger partial charge in [0.25, 0.3) is 0 Å². The van der Waals surface area contributed by atoms with Gasteiger partial charge >= 0.3 is 5.97 Å². The quantitative estimate of drug-likeness (QED) is 0.310. The van der Waals surface area contributed by atoms with Crippen LogP contribution < -0.4 is 0 Å². The number of carbonyl (C=O) groups is 1. The first-order chi connectivity index (χ1) is 16.7. The fourth-order valence-electron chi connectivity index (χ4n) is 4.22. The highest BCUT2D eigenvalue weighted by molar-refractivity contribution is 7.89. The number of nitrogens with zero attached hydrogens (tertiary/aromatic N) is 1. The summed E-state index contributed by atoms with van der Waals surface area (Å²) in [6.07, 6.45) is 1.99. The molecule has 0 spiro atoms. The molecule has 9 heteroatoms. The second-order valence-electron chi connectivity index (χ2n) is 7.93.